The molecule has 0 spiro atoms. The molecule has 0 radical (unpaired) electrons. The van der Waals surface area contributed by atoms with E-state index in [-0.39, 0.29) is 5.69 Å². The van der Waals surface area contributed by atoms with Crippen molar-refractivity contribution in [3.05, 3.63) is 36.4 Å². The number of hydrogen-bond donors (Lipinski definition) is 1. The van der Waals surface area contributed by atoms with Gasteiger partial charge in [0.15, 0.2) is 5.69 Å². The SMILES string of the molecule is Cn1cncc1Cn1nnc(C(=O)O)c1-c1cncn1C. The molecule has 3 heterocycles. The Bertz CT molecular complexity index is 798. The second-order valence-corrected chi connectivity index (χ2v) is 4.64. The van der Waals surface area contributed by atoms with Crippen molar-refractivity contribution in [3.8, 4) is 11.4 Å². The molecule has 0 aliphatic rings. The second kappa shape index (κ2) is 4.85. The molecule has 0 aromatic carbocycles. The number of nitrogens with zero attached hydrogens (tertiary/aromatic N) is 7. The first-order valence-corrected chi connectivity index (χ1v) is 6.16. The molecule has 3 aromatic rings. The molecule has 3 rings (SSSR count). The zero-order chi connectivity index (χ0) is 15.0. The minimum Gasteiger partial charge on any atom is -0.476 e. The van der Waals surface area contributed by atoms with Crippen LogP contribution < -0.4 is 0 Å². The third-order valence-corrected chi connectivity index (χ3v) is 3.23. The summed E-state index contributed by atoms with van der Waals surface area (Å²) in [5, 5.41) is 17.0. The Hall–Kier alpha value is -2.97. The fourth-order valence-electron chi connectivity index (χ4n) is 2.10. The molecule has 9 heteroatoms. The van der Waals surface area contributed by atoms with Crippen LogP contribution in [0.25, 0.3) is 11.4 Å². The van der Waals surface area contributed by atoms with Crippen LogP contribution in [0.15, 0.2) is 25.0 Å². The number of aryl methyl sites for hydroxylation is 2. The summed E-state index contributed by atoms with van der Waals surface area (Å²) in [6.45, 7) is 0.372. The Labute approximate surface area is 119 Å². The number of carboxylic acids is 1. The Morgan fingerprint density at radius 1 is 1.19 bits per heavy atom. The standard InChI is InChI=1S/C12H13N7O2/c1-17-6-13-3-8(17)5-19-11(9-4-14-7-18(9)2)10(12(20)21)15-16-19/h3-4,6-7H,5H2,1-2H3,(H,20,21). The highest BCUT2D eigenvalue weighted by Crippen LogP contribution is 2.22. The van der Waals surface area contributed by atoms with E-state index in [0.29, 0.717) is 17.9 Å². The van der Waals surface area contributed by atoms with E-state index in [9.17, 15) is 9.90 Å². The number of hydrogen-bond acceptors (Lipinski definition) is 5. The first kappa shape index (κ1) is 13.0. The lowest BCUT2D eigenvalue weighted by Crippen LogP contribution is -2.10. The molecular formula is C12H13N7O2. The van der Waals surface area contributed by atoms with Crippen LogP contribution >= 0.6 is 0 Å². The van der Waals surface area contributed by atoms with Gasteiger partial charge >= 0.3 is 5.97 Å². The lowest BCUT2D eigenvalue weighted by Gasteiger charge is -2.08. The summed E-state index contributed by atoms with van der Waals surface area (Å²) in [5.74, 6) is -1.12. The smallest absolute Gasteiger partial charge is 0.358 e. The van der Waals surface area contributed by atoms with E-state index in [1.54, 1.807) is 36.7 Å². The third kappa shape index (κ3) is 2.18. The van der Waals surface area contributed by atoms with Crippen LogP contribution in [0.2, 0.25) is 0 Å². The van der Waals surface area contributed by atoms with Gasteiger partial charge in [-0.1, -0.05) is 5.21 Å². The highest BCUT2D eigenvalue weighted by Gasteiger charge is 2.23. The maximum Gasteiger partial charge on any atom is 0.358 e. The summed E-state index contributed by atoms with van der Waals surface area (Å²) in [4.78, 5) is 19.4. The first-order valence-electron chi connectivity index (χ1n) is 6.16. The summed E-state index contributed by atoms with van der Waals surface area (Å²) in [6, 6.07) is 0. The Morgan fingerprint density at radius 3 is 2.48 bits per heavy atom. The first-order chi connectivity index (χ1) is 10.1. The number of carbonyl (C=O) groups is 1. The van der Waals surface area contributed by atoms with Crippen LogP contribution in [-0.2, 0) is 20.6 Å². The van der Waals surface area contributed by atoms with Gasteiger partial charge in [-0.25, -0.2) is 19.4 Å². The van der Waals surface area contributed by atoms with Gasteiger partial charge in [-0.05, 0) is 0 Å². The van der Waals surface area contributed by atoms with Crippen molar-refractivity contribution >= 4 is 5.97 Å². The summed E-state index contributed by atoms with van der Waals surface area (Å²) in [6.07, 6.45) is 6.57. The minimum atomic E-state index is -1.12. The number of aromatic carboxylic acids is 1. The largest absolute Gasteiger partial charge is 0.476 e. The van der Waals surface area contributed by atoms with E-state index in [2.05, 4.69) is 20.3 Å². The minimum absolute atomic E-state index is 0.0965. The molecule has 0 atom stereocenters. The van der Waals surface area contributed by atoms with E-state index in [1.165, 1.54) is 4.68 Å². The highest BCUT2D eigenvalue weighted by atomic mass is 16.4. The Morgan fingerprint density at radius 2 is 1.90 bits per heavy atom. The molecular weight excluding hydrogens is 274 g/mol. The molecule has 0 aliphatic heterocycles. The van der Waals surface area contributed by atoms with Crippen LogP contribution in [0.4, 0.5) is 0 Å². The van der Waals surface area contributed by atoms with Crippen LogP contribution in [0.1, 0.15) is 16.2 Å². The molecule has 0 aliphatic carbocycles. The molecule has 0 bridgehead atoms. The zero-order valence-electron chi connectivity index (χ0n) is 11.5. The van der Waals surface area contributed by atoms with Gasteiger partial charge in [0.2, 0.25) is 0 Å². The van der Waals surface area contributed by atoms with Crippen molar-refractivity contribution in [3.63, 3.8) is 0 Å². The van der Waals surface area contributed by atoms with Crippen molar-refractivity contribution in [2.24, 2.45) is 14.1 Å². The molecule has 0 saturated heterocycles. The van der Waals surface area contributed by atoms with Gasteiger partial charge in [-0.15, -0.1) is 5.10 Å². The van der Waals surface area contributed by atoms with Gasteiger partial charge in [-0.3, -0.25) is 0 Å². The summed E-state index contributed by atoms with van der Waals surface area (Å²) in [5.41, 5.74) is 1.85. The van der Waals surface area contributed by atoms with E-state index in [4.69, 9.17) is 0 Å². The zero-order valence-corrected chi connectivity index (χ0v) is 11.5. The van der Waals surface area contributed by atoms with Crippen LogP contribution in [0.3, 0.4) is 0 Å². The van der Waals surface area contributed by atoms with Gasteiger partial charge in [0.05, 0.1) is 43.0 Å². The average molecular weight is 287 g/mol. The highest BCUT2D eigenvalue weighted by molar-refractivity contribution is 5.92. The monoisotopic (exact) mass is 287 g/mol. The van der Waals surface area contributed by atoms with Crippen molar-refractivity contribution in [1.29, 1.82) is 0 Å². The molecule has 9 nitrogen and oxygen atoms in total. The van der Waals surface area contributed by atoms with Gasteiger partial charge in [0, 0.05) is 14.1 Å². The lowest BCUT2D eigenvalue weighted by molar-refractivity contribution is 0.0691. The van der Waals surface area contributed by atoms with Crippen LogP contribution in [-0.4, -0.2) is 45.2 Å². The second-order valence-electron chi connectivity index (χ2n) is 4.64. The van der Waals surface area contributed by atoms with Crippen LogP contribution in [0.5, 0.6) is 0 Å². The maximum absolute atomic E-state index is 11.3. The molecule has 3 aromatic heterocycles. The summed E-state index contributed by atoms with van der Waals surface area (Å²) < 4.78 is 5.11. The maximum atomic E-state index is 11.3. The third-order valence-electron chi connectivity index (χ3n) is 3.23. The predicted octanol–water partition coefficient (Wildman–Crippen LogP) is 0.159. The number of imidazole rings is 2. The van der Waals surface area contributed by atoms with Crippen molar-refractivity contribution < 1.29 is 9.90 Å². The number of aromatic nitrogens is 7. The Kier molecular flexibility index (Phi) is 3.01. The lowest BCUT2D eigenvalue weighted by atomic mass is 10.2. The quantitative estimate of drug-likeness (QED) is 0.733. The average Bonchev–Trinajstić information content (AvgIpc) is 3.12. The van der Waals surface area contributed by atoms with Gasteiger partial charge in [0.25, 0.3) is 0 Å². The number of rotatable bonds is 4. The van der Waals surface area contributed by atoms with E-state index < -0.39 is 5.97 Å². The molecule has 21 heavy (non-hydrogen) atoms. The van der Waals surface area contributed by atoms with Crippen LogP contribution in [0, 0.1) is 0 Å². The van der Waals surface area contributed by atoms with Crippen molar-refractivity contribution in [1.82, 2.24) is 34.1 Å². The fraction of sp³-hybridized carbons (Fsp3) is 0.250. The fourth-order valence-corrected chi connectivity index (χ4v) is 2.10. The van der Waals surface area contributed by atoms with Gasteiger partial charge < -0.3 is 14.2 Å². The van der Waals surface area contributed by atoms with Gasteiger partial charge in [-0.2, -0.15) is 0 Å². The molecule has 0 amide bonds. The summed E-state index contributed by atoms with van der Waals surface area (Å²) in [7, 11) is 3.65. The van der Waals surface area contributed by atoms with Crippen molar-refractivity contribution in [2.45, 2.75) is 6.54 Å². The number of carboxylic acid groups (broad SMARTS) is 1. The van der Waals surface area contributed by atoms with E-state index in [0.717, 1.165) is 5.69 Å². The normalized spacial score (nSPS) is 11.0. The molecule has 0 fully saturated rings. The predicted molar refractivity (Wildman–Crippen MR) is 71.5 cm³/mol. The van der Waals surface area contributed by atoms with E-state index >= 15 is 0 Å². The molecule has 0 saturated carbocycles. The molecule has 108 valence electrons. The molecule has 0 unspecified atom stereocenters. The van der Waals surface area contributed by atoms with E-state index in [1.807, 2.05) is 11.6 Å². The molecule has 1 N–H and O–H groups in total. The summed E-state index contributed by atoms with van der Waals surface area (Å²) >= 11 is 0. The van der Waals surface area contributed by atoms with Gasteiger partial charge in [0.1, 0.15) is 5.69 Å². The topological polar surface area (TPSA) is 104 Å². The Balaban J connectivity index is 2.12. The van der Waals surface area contributed by atoms with Crippen molar-refractivity contribution in [2.75, 3.05) is 0 Å².